The second-order valence-corrected chi connectivity index (χ2v) is 14.6. The third-order valence-electron chi connectivity index (χ3n) is 5.82. The third kappa shape index (κ3) is 3.64. The van der Waals surface area contributed by atoms with Crippen molar-refractivity contribution < 1.29 is 0 Å². The highest BCUT2D eigenvalue weighted by atomic mass is 31.1. The van der Waals surface area contributed by atoms with Crippen LogP contribution >= 0.6 is 15.8 Å². The van der Waals surface area contributed by atoms with Crippen LogP contribution in [0, 0.1) is 11.8 Å². The molecule has 2 fully saturated rings. The lowest BCUT2D eigenvalue weighted by molar-refractivity contribution is 0.747. The van der Waals surface area contributed by atoms with E-state index in [0.29, 0.717) is 0 Å². The maximum atomic E-state index is 2.55. The predicted octanol–water partition coefficient (Wildman–Crippen LogP) is 7.62. The summed E-state index contributed by atoms with van der Waals surface area (Å²) in [4.78, 5) is 0. The first-order valence-electron chi connectivity index (χ1n) is 9.56. The molecule has 0 saturated carbocycles. The molecule has 0 aromatic carbocycles. The first kappa shape index (κ1) is 18.9. The van der Waals surface area contributed by atoms with Crippen molar-refractivity contribution in [2.24, 2.45) is 11.8 Å². The molecule has 0 N–H and O–H groups in total. The molecule has 2 aliphatic heterocycles. The fraction of sp³-hybridized carbons (Fsp3) is 0.900. The Morgan fingerprint density at radius 3 is 1.00 bits per heavy atom. The monoisotopic (exact) mass is 340 g/mol. The Bertz CT molecular complexity index is 352. The topological polar surface area (TPSA) is 0 Å². The summed E-state index contributed by atoms with van der Waals surface area (Å²) in [5, 5.41) is 3.93. The summed E-state index contributed by atoms with van der Waals surface area (Å²) in [5.41, 5.74) is 3.83. The van der Waals surface area contributed by atoms with Gasteiger partial charge in [0.15, 0.2) is 0 Å². The Hall–Kier alpha value is 0.600. The van der Waals surface area contributed by atoms with Gasteiger partial charge in [0.05, 0.1) is 0 Å². The van der Waals surface area contributed by atoms with Gasteiger partial charge in [0.2, 0.25) is 0 Å². The molecule has 0 aromatic rings. The number of allylic oxidation sites excluding steroid dienone is 2. The van der Waals surface area contributed by atoms with Gasteiger partial charge >= 0.3 is 0 Å². The van der Waals surface area contributed by atoms with E-state index in [1.807, 2.05) is 10.6 Å². The van der Waals surface area contributed by atoms with Crippen LogP contribution in [0.15, 0.2) is 10.6 Å². The van der Waals surface area contributed by atoms with Crippen LogP contribution in [-0.4, -0.2) is 22.6 Å². The van der Waals surface area contributed by atoms with E-state index in [2.05, 4.69) is 55.4 Å². The normalized spacial score (nSPS) is 35.7. The predicted molar refractivity (Wildman–Crippen MR) is 107 cm³/mol. The SMILES string of the molecule is CC(C)/C(=C(\C(C)C)P1[C@H](C)CC[C@H]1C)P1[C@H](C)CC[C@H]1C. The number of rotatable bonds is 4. The third-order valence-corrected chi connectivity index (χ3v) is 13.5. The van der Waals surface area contributed by atoms with Gasteiger partial charge in [-0.1, -0.05) is 71.2 Å². The summed E-state index contributed by atoms with van der Waals surface area (Å²) in [6.45, 7) is 20.1. The smallest absolute Gasteiger partial charge is 0.0198 e. The van der Waals surface area contributed by atoms with Crippen LogP contribution in [0.3, 0.4) is 0 Å². The lowest BCUT2D eigenvalue weighted by Gasteiger charge is -2.37. The van der Waals surface area contributed by atoms with Crippen molar-refractivity contribution in [3.8, 4) is 0 Å². The summed E-state index contributed by atoms with van der Waals surface area (Å²) in [7, 11) is 0.199. The molecule has 0 unspecified atom stereocenters. The Kier molecular flexibility index (Phi) is 6.59. The zero-order chi connectivity index (χ0) is 16.6. The lowest BCUT2D eigenvalue weighted by atomic mass is 10.1. The van der Waals surface area contributed by atoms with Crippen LogP contribution in [0.25, 0.3) is 0 Å². The molecule has 0 amide bonds. The van der Waals surface area contributed by atoms with Gasteiger partial charge in [-0.2, -0.15) is 0 Å². The van der Waals surface area contributed by atoms with E-state index >= 15 is 0 Å². The maximum absolute atomic E-state index is 2.55. The van der Waals surface area contributed by atoms with Gasteiger partial charge in [-0.05, 0) is 70.8 Å². The summed E-state index contributed by atoms with van der Waals surface area (Å²) < 4.78 is 0. The van der Waals surface area contributed by atoms with Crippen molar-refractivity contribution in [3.63, 3.8) is 0 Å². The van der Waals surface area contributed by atoms with Gasteiger partial charge in [0.1, 0.15) is 0 Å². The van der Waals surface area contributed by atoms with Crippen LogP contribution < -0.4 is 0 Å². The maximum Gasteiger partial charge on any atom is -0.0198 e. The van der Waals surface area contributed by atoms with Crippen LogP contribution in [0.2, 0.25) is 0 Å². The fourth-order valence-electron chi connectivity index (χ4n) is 4.79. The molecule has 0 aliphatic carbocycles. The Balaban J connectivity index is 2.53. The molecule has 0 radical (unpaired) electrons. The van der Waals surface area contributed by atoms with Crippen LogP contribution in [0.5, 0.6) is 0 Å². The largest absolute Gasteiger partial charge is 0.0733 e. The van der Waals surface area contributed by atoms with Crippen molar-refractivity contribution >= 4 is 15.8 Å². The van der Waals surface area contributed by atoms with E-state index in [4.69, 9.17) is 0 Å². The van der Waals surface area contributed by atoms with E-state index in [9.17, 15) is 0 Å². The molecule has 2 aliphatic rings. The molecule has 22 heavy (non-hydrogen) atoms. The molecule has 0 nitrogen and oxygen atoms in total. The summed E-state index contributed by atoms with van der Waals surface area (Å²) in [6.07, 6.45) is 5.88. The van der Waals surface area contributed by atoms with Crippen molar-refractivity contribution in [1.82, 2.24) is 0 Å². The minimum atomic E-state index is 0.0994. The summed E-state index contributed by atoms with van der Waals surface area (Å²) >= 11 is 0. The van der Waals surface area contributed by atoms with Crippen LogP contribution in [0.4, 0.5) is 0 Å². The minimum Gasteiger partial charge on any atom is -0.0733 e. The van der Waals surface area contributed by atoms with Crippen LogP contribution in [0.1, 0.15) is 81.1 Å². The minimum absolute atomic E-state index is 0.0994. The summed E-state index contributed by atoms with van der Waals surface area (Å²) in [6, 6.07) is 0. The van der Waals surface area contributed by atoms with Crippen molar-refractivity contribution in [2.75, 3.05) is 0 Å². The second kappa shape index (κ2) is 7.66. The molecule has 2 saturated heterocycles. The average Bonchev–Trinajstić information content (AvgIpc) is 2.91. The summed E-state index contributed by atoms with van der Waals surface area (Å²) in [5.74, 6) is 1.52. The molecule has 128 valence electrons. The first-order chi connectivity index (χ1) is 10.3. The first-order valence-corrected chi connectivity index (χ1v) is 12.5. The van der Waals surface area contributed by atoms with E-state index in [-0.39, 0.29) is 15.8 Å². The fourth-order valence-corrected chi connectivity index (χ4v) is 13.1. The molecule has 2 heteroatoms. The molecule has 4 atom stereocenters. The van der Waals surface area contributed by atoms with Crippen molar-refractivity contribution in [3.05, 3.63) is 10.6 Å². The Morgan fingerprint density at radius 2 is 0.818 bits per heavy atom. The van der Waals surface area contributed by atoms with E-state index in [1.54, 1.807) is 0 Å². The van der Waals surface area contributed by atoms with Gasteiger partial charge < -0.3 is 0 Å². The van der Waals surface area contributed by atoms with Crippen molar-refractivity contribution in [1.29, 1.82) is 0 Å². The average molecular weight is 340 g/mol. The Labute approximate surface area is 142 Å². The van der Waals surface area contributed by atoms with E-state index < -0.39 is 0 Å². The molecule has 0 aromatic heterocycles. The standard InChI is InChI=1S/C20H38P2/c1-13(2)19(21-15(5)9-10-16(21)6)20(14(3)4)22-17(7)11-12-18(22)8/h13-18H,9-12H2,1-8H3/b20-19-/t15-,16-,17-,18-/m1/s1. The van der Waals surface area contributed by atoms with Gasteiger partial charge in [0.25, 0.3) is 0 Å². The quantitative estimate of drug-likeness (QED) is 0.462. The number of hydrogen-bond donors (Lipinski definition) is 0. The van der Waals surface area contributed by atoms with Gasteiger partial charge in [-0.25, -0.2) is 0 Å². The molecule has 2 heterocycles. The van der Waals surface area contributed by atoms with E-state index in [1.165, 1.54) is 25.7 Å². The zero-order valence-electron chi connectivity index (χ0n) is 16.2. The second-order valence-electron chi connectivity index (χ2n) is 8.45. The van der Waals surface area contributed by atoms with E-state index in [0.717, 1.165) is 34.5 Å². The highest BCUT2D eigenvalue weighted by molar-refractivity contribution is 7.68. The highest BCUT2D eigenvalue weighted by Gasteiger charge is 2.40. The molecular formula is C20H38P2. The van der Waals surface area contributed by atoms with Crippen LogP contribution in [-0.2, 0) is 0 Å². The van der Waals surface area contributed by atoms with Gasteiger partial charge in [-0.3, -0.25) is 0 Å². The molecule has 0 bridgehead atoms. The van der Waals surface area contributed by atoms with Gasteiger partial charge in [-0.15, -0.1) is 0 Å². The highest BCUT2D eigenvalue weighted by Crippen LogP contribution is 2.71. The zero-order valence-corrected chi connectivity index (χ0v) is 18.0. The molecule has 0 spiro atoms. The molecular weight excluding hydrogens is 302 g/mol. The number of hydrogen-bond acceptors (Lipinski definition) is 0. The lowest BCUT2D eigenvalue weighted by Crippen LogP contribution is -2.13. The Morgan fingerprint density at radius 1 is 0.591 bits per heavy atom. The van der Waals surface area contributed by atoms with Gasteiger partial charge in [0, 0.05) is 0 Å². The van der Waals surface area contributed by atoms with Crippen molar-refractivity contribution in [2.45, 2.75) is 104 Å². The molecule has 2 rings (SSSR count).